The standard InChI is InChI=1S/C16H20N2O3/c1-3-11-21-14-7-5-13(12-15(14)20-4-2)6-8-16(19)18-10-9-17/h3,5,7,12H,1,4,6,8,10-11H2,2H3,(H,18,19). The van der Waals surface area contributed by atoms with Crippen LogP contribution in [0.5, 0.6) is 11.5 Å². The zero-order valence-electron chi connectivity index (χ0n) is 12.2. The van der Waals surface area contributed by atoms with E-state index in [9.17, 15) is 4.79 Å². The third-order valence-corrected chi connectivity index (χ3v) is 2.67. The zero-order valence-corrected chi connectivity index (χ0v) is 12.2. The van der Waals surface area contributed by atoms with Crippen molar-refractivity contribution in [3.05, 3.63) is 36.4 Å². The fraction of sp³-hybridized carbons (Fsp3) is 0.375. The van der Waals surface area contributed by atoms with Crippen molar-refractivity contribution in [1.29, 1.82) is 5.26 Å². The van der Waals surface area contributed by atoms with Gasteiger partial charge in [0.05, 0.1) is 12.7 Å². The lowest BCUT2D eigenvalue weighted by Crippen LogP contribution is -2.23. The molecule has 0 bridgehead atoms. The first-order valence-corrected chi connectivity index (χ1v) is 6.84. The van der Waals surface area contributed by atoms with E-state index in [0.717, 1.165) is 5.56 Å². The van der Waals surface area contributed by atoms with Gasteiger partial charge < -0.3 is 14.8 Å². The van der Waals surface area contributed by atoms with Crippen LogP contribution in [-0.2, 0) is 11.2 Å². The highest BCUT2D eigenvalue weighted by Gasteiger charge is 2.08. The van der Waals surface area contributed by atoms with Gasteiger partial charge in [-0.2, -0.15) is 5.26 Å². The lowest BCUT2D eigenvalue weighted by atomic mass is 10.1. The Morgan fingerprint density at radius 2 is 2.24 bits per heavy atom. The van der Waals surface area contributed by atoms with Crippen molar-refractivity contribution in [1.82, 2.24) is 5.32 Å². The van der Waals surface area contributed by atoms with Gasteiger partial charge in [-0.3, -0.25) is 4.79 Å². The van der Waals surface area contributed by atoms with E-state index in [2.05, 4.69) is 11.9 Å². The van der Waals surface area contributed by atoms with Crippen molar-refractivity contribution >= 4 is 5.91 Å². The third-order valence-electron chi connectivity index (χ3n) is 2.67. The Morgan fingerprint density at radius 1 is 1.43 bits per heavy atom. The molecule has 0 radical (unpaired) electrons. The molecule has 5 nitrogen and oxygen atoms in total. The van der Waals surface area contributed by atoms with Gasteiger partial charge in [0.2, 0.25) is 5.91 Å². The van der Waals surface area contributed by atoms with Crippen LogP contribution < -0.4 is 14.8 Å². The lowest BCUT2D eigenvalue weighted by Gasteiger charge is -2.12. The summed E-state index contributed by atoms with van der Waals surface area (Å²) in [7, 11) is 0. The molecule has 0 atom stereocenters. The van der Waals surface area contributed by atoms with Gasteiger partial charge in [-0.1, -0.05) is 18.7 Å². The molecule has 0 unspecified atom stereocenters. The number of nitrogens with one attached hydrogen (secondary N) is 1. The molecule has 1 aromatic rings. The summed E-state index contributed by atoms with van der Waals surface area (Å²) in [6.45, 7) is 6.50. The molecule has 1 rings (SSSR count). The largest absolute Gasteiger partial charge is 0.490 e. The Hall–Kier alpha value is -2.48. The Balaban J connectivity index is 2.66. The van der Waals surface area contributed by atoms with Crippen molar-refractivity contribution < 1.29 is 14.3 Å². The Kier molecular flexibility index (Phi) is 7.44. The molecule has 1 N–H and O–H groups in total. The molecule has 0 spiro atoms. The number of nitriles is 1. The predicted octanol–water partition coefficient (Wildman–Crippen LogP) is 2.22. The number of aryl methyl sites for hydroxylation is 1. The molecule has 0 aliphatic carbocycles. The molecular formula is C16H20N2O3. The first kappa shape index (κ1) is 16.6. The van der Waals surface area contributed by atoms with Gasteiger partial charge in [-0.25, -0.2) is 0 Å². The minimum absolute atomic E-state index is 0.0390. The highest BCUT2D eigenvalue weighted by atomic mass is 16.5. The zero-order chi connectivity index (χ0) is 15.5. The van der Waals surface area contributed by atoms with Gasteiger partial charge in [0, 0.05) is 6.42 Å². The second kappa shape index (κ2) is 9.43. The minimum atomic E-state index is -0.138. The van der Waals surface area contributed by atoms with E-state index in [1.54, 1.807) is 6.08 Å². The van der Waals surface area contributed by atoms with E-state index < -0.39 is 0 Å². The first-order chi connectivity index (χ1) is 10.2. The van der Waals surface area contributed by atoms with E-state index >= 15 is 0 Å². The summed E-state index contributed by atoms with van der Waals surface area (Å²) >= 11 is 0. The average molecular weight is 288 g/mol. The molecule has 0 aromatic heterocycles. The predicted molar refractivity (Wildman–Crippen MR) is 80.2 cm³/mol. The van der Waals surface area contributed by atoms with E-state index in [4.69, 9.17) is 14.7 Å². The van der Waals surface area contributed by atoms with Crippen LogP contribution in [0.2, 0.25) is 0 Å². The monoisotopic (exact) mass is 288 g/mol. The number of benzene rings is 1. The van der Waals surface area contributed by atoms with Crippen molar-refractivity contribution in [3.8, 4) is 17.6 Å². The quantitative estimate of drug-likeness (QED) is 0.558. The Labute approximate surface area is 125 Å². The Morgan fingerprint density at radius 3 is 2.90 bits per heavy atom. The van der Waals surface area contributed by atoms with E-state index in [1.165, 1.54) is 0 Å². The molecule has 0 saturated heterocycles. The maximum absolute atomic E-state index is 11.5. The summed E-state index contributed by atoms with van der Waals surface area (Å²) in [6, 6.07) is 7.48. The van der Waals surface area contributed by atoms with Crippen molar-refractivity contribution in [2.45, 2.75) is 19.8 Å². The summed E-state index contributed by atoms with van der Waals surface area (Å²) in [6.07, 6.45) is 2.59. The highest BCUT2D eigenvalue weighted by molar-refractivity contribution is 5.76. The third kappa shape index (κ3) is 6.00. The number of rotatable bonds is 9. The number of ether oxygens (including phenoxy) is 2. The average Bonchev–Trinajstić information content (AvgIpc) is 2.50. The van der Waals surface area contributed by atoms with Crippen LogP contribution in [0.3, 0.4) is 0 Å². The van der Waals surface area contributed by atoms with Crippen LogP contribution >= 0.6 is 0 Å². The second-order valence-electron chi connectivity index (χ2n) is 4.25. The molecular weight excluding hydrogens is 268 g/mol. The van der Waals surface area contributed by atoms with Crippen molar-refractivity contribution in [2.75, 3.05) is 19.8 Å². The fourth-order valence-electron chi connectivity index (χ4n) is 1.73. The van der Waals surface area contributed by atoms with Gasteiger partial charge in [-0.15, -0.1) is 0 Å². The number of hydrogen-bond donors (Lipinski definition) is 1. The van der Waals surface area contributed by atoms with Gasteiger partial charge in [0.1, 0.15) is 13.2 Å². The van der Waals surface area contributed by atoms with E-state index in [1.807, 2.05) is 31.2 Å². The lowest BCUT2D eigenvalue weighted by molar-refractivity contribution is -0.120. The molecule has 0 fully saturated rings. The first-order valence-electron chi connectivity index (χ1n) is 6.84. The minimum Gasteiger partial charge on any atom is -0.490 e. The van der Waals surface area contributed by atoms with Gasteiger partial charge in [0.25, 0.3) is 0 Å². The molecule has 0 aliphatic heterocycles. The van der Waals surface area contributed by atoms with Crippen LogP contribution in [0.4, 0.5) is 0 Å². The molecule has 112 valence electrons. The molecule has 5 heteroatoms. The normalized spacial score (nSPS) is 9.52. The van der Waals surface area contributed by atoms with Crippen LogP contribution in [0.15, 0.2) is 30.9 Å². The topological polar surface area (TPSA) is 71.3 Å². The number of carbonyl (C=O) groups is 1. The van der Waals surface area contributed by atoms with E-state index in [0.29, 0.717) is 37.6 Å². The van der Waals surface area contributed by atoms with Gasteiger partial charge in [-0.05, 0) is 31.0 Å². The number of carbonyl (C=O) groups excluding carboxylic acids is 1. The smallest absolute Gasteiger partial charge is 0.221 e. The molecule has 1 amide bonds. The summed E-state index contributed by atoms with van der Waals surface area (Å²) < 4.78 is 11.1. The second-order valence-corrected chi connectivity index (χ2v) is 4.25. The SMILES string of the molecule is C=CCOc1ccc(CCC(=O)NCC#N)cc1OCC. The summed E-state index contributed by atoms with van der Waals surface area (Å²) in [5.74, 6) is 1.19. The fourth-order valence-corrected chi connectivity index (χ4v) is 1.73. The van der Waals surface area contributed by atoms with Crippen LogP contribution in [-0.4, -0.2) is 25.7 Å². The molecule has 21 heavy (non-hydrogen) atoms. The van der Waals surface area contributed by atoms with Crippen molar-refractivity contribution in [2.24, 2.45) is 0 Å². The molecule has 0 heterocycles. The van der Waals surface area contributed by atoms with Crippen LogP contribution in [0, 0.1) is 11.3 Å². The van der Waals surface area contributed by atoms with Crippen molar-refractivity contribution in [3.63, 3.8) is 0 Å². The molecule has 0 aliphatic rings. The van der Waals surface area contributed by atoms with E-state index in [-0.39, 0.29) is 12.5 Å². The number of amides is 1. The Bertz CT molecular complexity index is 521. The van der Waals surface area contributed by atoms with Crippen LogP contribution in [0.25, 0.3) is 0 Å². The summed E-state index contributed by atoms with van der Waals surface area (Å²) in [4.78, 5) is 11.5. The number of hydrogen-bond acceptors (Lipinski definition) is 4. The summed E-state index contributed by atoms with van der Waals surface area (Å²) in [5.41, 5.74) is 0.983. The van der Waals surface area contributed by atoms with Crippen LogP contribution in [0.1, 0.15) is 18.9 Å². The maximum Gasteiger partial charge on any atom is 0.221 e. The van der Waals surface area contributed by atoms with Gasteiger partial charge >= 0.3 is 0 Å². The maximum atomic E-state index is 11.5. The summed E-state index contributed by atoms with van der Waals surface area (Å²) in [5, 5.41) is 10.9. The van der Waals surface area contributed by atoms with Gasteiger partial charge in [0.15, 0.2) is 11.5 Å². The highest BCUT2D eigenvalue weighted by Crippen LogP contribution is 2.29. The molecule has 0 saturated carbocycles. The molecule has 1 aromatic carbocycles. The number of nitrogens with zero attached hydrogens (tertiary/aromatic N) is 1.